The number of benzene rings is 1. The van der Waals surface area contributed by atoms with Crippen molar-refractivity contribution in [1.29, 1.82) is 0 Å². The third-order valence-corrected chi connectivity index (χ3v) is 2.78. The molecule has 0 fully saturated rings. The summed E-state index contributed by atoms with van der Waals surface area (Å²) in [5.74, 6) is -0.324. The zero-order valence-electron chi connectivity index (χ0n) is 7.59. The molecule has 74 valence electrons. The third kappa shape index (κ3) is 1.55. The van der Waals surface area contributed by atoms with E-state index >= 15 is 0 Å². The second kappa shape index (κ2) is 3.50. The number of amides is 1. The summed E-state index contributed by atoms with van der Waals surface area (Å²) in [6, 6.07) is 5.43. The molecule has 2 rings (SSSR count). The quantitative estimate of drug-likeness (QED) is 0.739. The zero-order chi connectivity index (χ0) is 10.1. The van der Waals surface area contributed by atoms with Crippen molar-refractivity contribution in [2.45, 2.75) is 18.9 Å². The van der Waals surface area contributed by atoms with E-state index in [1.54, 1.807) is 6.07 Å². The van der Waals surface area contributed by atoms with Crippen molar-refractivity contribution in [3.05, 3.63) is 28.8 Å². The molecule has 1 aromatic rings. The highest BCUT2D eigenvalue weighted by Gasteiger charge is 2.22. The molecule has 0 radical (unpaired) electrons. The first-order valence-corrected chi connectivity index (χ1v) is 4.89. The third-order valence-electron chi connectivity index (χ3n) is 2.46. The summed E-state index contributed by atoms with van der Waals surface area (Å²) in [4.78, 5) is 11.0. The number of para-hydroxylation sites is 1. The van der Waals surface area contributed by atoms with Crippen molar-refractivity contribution in [3.8, 4) is 0 Å². The van der Waals surface area contributed by atoms with Crippen molar-refractivity contribution >= 4 is 23.2 Å². The monoisotopic (exact) mass is 210 g/mol. The van der Waals surface area contributed by atoms with Crippen molar-refractivity contribution in [3.63, 3.8) is 0 Å². The molecule has 0 saturated carbocycles. The molecule has 0 saturated heterocycles. The van der Waals surface area contributed by atoms with Gasteiger partial charge in [-0.25, -0.2) is 0 Å². The van der Waals surface area contributed by atoms with Crippen LogP contribution in [0.3, 0.4) is 0 Å². The molecule has 1 aliphatic rings. The maximum absolute atomic E-state index is 11.0. The van der Waals surface area contributed by atoms with Crippen LogP contribution in [0.1, 0.15) is 12.0 Å². The van der Waals surface area contributed by atoms with E-state index < -0.39 is 0 Å². The van der Waals surface area contributed by atoms with Gasteiger partial charge in [0, 0.05) is 0 Å². The molecule has 1 aliphatic heterocycles. The fourth-order valence-corrected chi connectivity index (χ4v) is 1.95. The lowest BCUT2D eigenvalue weighted by atomic mass is 9.98. The van der Waals surface area contributed by atoms with E-state index in [9.17, 15) is 4.79 Å². The number of fused-ring (bicyclic) bond motifs is 1. The summed E-state index contributed by atoms with van der Waals surface area (Å²) >= 11 is 6.00. The predicted molar refractivity (Wildman–Crippen MR) is 56.4 cm³/mol. The summed E-state index contributed by atoms with van der Waals surface area (Å²) in [6.07, 6.45) is 1.58. The minimum atomic E-state index is -0.324. The Morgan fingerprint density at radius 1 is 1.57 bits per heavy atom. The van der Waals surface area contributed by atoms with Gasteiger partial charge in [0.05, 0.1) is 10.7 Å². The number of aryl methyl sites for hydroxylation is 1. The first kappa shape index (κ1) is 9.34. The summed E-state index contributed by atoms with van der Waals surface area (Å²) in [6.45, 7) is 0. The molecule has 0 spiro atoms. The van der Waals surface area contributed by atoms with Crippen LogP contribution in [0, 0.1) is 0 Å². The summed E-state index contributed by atoms with van der Waals surface area (Å²) < 4.78 is 0. The lowest BCUT2D eigenvalue weighted by molar-refractivity contribution is -0.118. The van der Waals surface area contributed by atoms with Crippen LogP contribution in [0.15, 0.2) is 18.2 Å². The lowest BCUT2D eigenvalue weighted by Gasteiger charge is -2.25. The van der Waals surface area contributed by atoms with E-state index in [0.29, 0.717) is 5.02 Å². The number of carbonyl (C=O) groups is 1. The Bertz CT molecular complexity index is 378. The number of nitrogens with one attached hydrogen (secondary N) is 1. The Morgan fingerprint density at radius 3 is 3.07 bits per heavy atom. The second-order valence-corrected chi connectivity index (χ2v) is 3.82. The van der Waals surface area contributed by atoms with Gasteiger partial charge in [0.2, 0.25) is 5.91 Å². The molecule has 4 heteroatoms. The van der Waals surface area contributed by atoms with E-state index in [4.69, 9.17) is 17.3 Å². The van der Waals surface area contributed by atoms with Crippen molar-refractivity contribution in [2.75, 3.05) is 5.32 Å². The van der Waals surface area contributed by atoms with Crippen LogP contribution >= 0.6 is 11.6 Å². The van der Waals surface area contributed by atoms with Gasteiger partial charge in [-0.1, -0.05) is 23.7 Å². The summed E-state index contributed by atoms with van der Waals surface area (Å²) in [7, 11) is 0. The predicted octanol–water partition coefficient (Wildman–Crippen LogP) is 1.55. The largest absolute Gasteiger partial charge is 0.372 e. The number of hydrogen-bond donors (Lipinski definition) is 2. The van der Waals surface area contributed by atoms with E-state index in [-0.39, 0.29) is 11.9 Å². The molecule has 3 N–H and O–H groups in total. The standard InChI is InChI=1S/C10H11ClN2O/c11-7-3-1-2-6-4-5-8(10(12)14)13-9(6)7/h1-3,8,13H,4-5H2,(H2,12,14). The van der Waals surface area contributed by atoms with Gasteiger partial charge < -0.3 is 11.1 Å². The maximum atomic E-state index is 11.0. The van der Waals surface area contributed by atoms with Crippen LogP contribution in [0.2, 0.25) is 5.02 Å². The molecule has 14 heavy (non-hydrogen) atoms. The highest BCUT2D eigenvalue weighted by Crippen LogP contribution is 2.31. The van der Waals surface area contributed by atoms with Gasteiger partial charge in [-0.2, -0.15) is 0 Å². The van der Waals surface area contributed by atoms with E-state index in [0.717, 1.165) is 24.1 Å². The average Bonchev–Trinajstić information content (AvgIpc) is 2.18. The average molecular weight is 211 g/mol. The molecule has 1 unspecified atom stereocenters. The van der Waals surface area contributed by atoms with E-state index in [2.05, 4.69) is 5.32 Å². The van der Waals surface area contributed by atoms with Gasteiger partial charge in [0.25, 0.3) is 0 Å². The number of primary amides is 1. The topological polar surface area (TPSA) is 55.1 Å². The van der Waals surface area contributed by atoms with Gasteiger partial charge >= 0.3 is 0 Å². The Morgan fingerprint density at radius 2 is 2.36 bits per heavy atom. The minimum Gasteiger partial charge on any atom is -0.372 e. The fraction of sp³-hybridized carbons (Fsp3) is 0.300. The fourth-order valence-electron chi connectivity index (χ4n) is 1.70. The van der Waals surface area contributed by atoms with Crippen molar-refractivity contribution in [2.24, 2.45) is 5.73 Å². The van der Waals surface area contributed by atoms with Crippen LogP contribution in [0.25, 0.3) is 0 Å². The highest BCUT2D eigenvalue weighted by molar-refractivity contribution is 6.33. The summed E-state index contributed by atoms with van der Waals surface area (Å²) in [5.41, 5.74) is 7.23. The Labute approximate surface area is 87.2 Å². The van der Waals surface area contributed by atoms with Crippen LogP contribution in [-0.4, -0.2) is 11.9 Å². The molecular weight excluding hydrogens is 200 g/mol. The Kier molecular flexibility index (Phi) is 2.33. The first-order valence-electron chi connectivity index (χ1n) is 4.51. The van der Waals surface area contributed by atoms with Crippen molar-refractivity contribution in [1.82, 2.24) is 0 Å². The van der Waals surface area contributed by atoms with Gasteiger partial charge in [-0.3, -0.25) is 4.79 Å². The number of hydrogen-bond acceptors (Lipinski definition) is 2. The van der Waals surface area contributed by atoms with Gasteiger partial charge in [-0.15, -0.1) is 0 Å². The molecule has 1 heterocycles. The molecule has 0 aromatic heterocycles. The van der Waals surface area contributed by atoms with Crippen LogP contribution in [0.5, 0.6) is 0 Å². The molecule has 1 amide bonds. The highest BCUT2D eigenvalue weighted by atomic mass is 35.5. The van der Waals surface area contributed by atoms with Crippen LogP contribution in [0.4, 0.5) is 5.69 Å². The normalized spacial score (nSPS) is 19.6. The summed E-state index contributed by atoms with van der Waals surface area (Å²) in [5, 5.41) is 3.70. The van der Waals surface area contributed by atoms with Crippen LogP contribution < -0.4 is 11.1 Å². The maximum Gasteiger partial charge on any atom is 0.239 e. The van der Waals surface area contributed by atoms with Crippen LogP contribution in [-0.2, 0) is 11.2 Å². The smallest absolute Gasteiger partial charge is 0.239 e. The van der Waals surface area contributed by atoms with Gasteiger partial charge in [0.15, 0.2) is 0 Å². The molecule has 0 bridgehead atoms. The van der Waals surface area contributed by atoms with E-state index in [1.807, 2.05) is 12.1 Å². The number of carbonyl (C=O) groups excluding carboxylic acids is 1. The number of halogens is 1. The zero-order valence-corrected chi connectivity index (χ0v) is 8.34. The van der Waals surface area contributed by atoms with Gasteiger partial charge in [-0.05, 0) is 24.5 Å². The van der Waals surface area contributed by atoms with Gasteiger partial charge in [0.1, 0.15) is 6.04 Å². The molecule has 1 atom stereocenters. The lowest BCUT2D eigenvalue weighted by Crippen LogP contribution is -2.38. The molecule has 3 nitrogen and oxygen atoms in total. The van der Waals surface area contributed by atoms with E-state index in [1.165, 1.54) is 0 Å². The SMILES string of the molecule is NC(=O)C1CCc2cccc(Cl)c2N1. The second-order valence-electron chi connectivity index (χ2n) is 3.41. The number of nitrogens with two attached hydrogens (primary N) is 1. The number of anilines is 1. The number of rotatable bonds is 1. The Hall–Kier alpha value is -1.22. The minimum absolute atomic E-state index is 0.289. The van der Waals surface area contributed by atoms with Crippen molar-refractivity contribution < 1.29 is 4.79 Å². The molecule has 0 aliphatic carbocycles. The Balaban J connectivity index is 2.33. The molecular formula is C10H11ClN2O. The first-order chi connectivity index (χ1) is 6.68. The molecule has 1 aromatic carbocycles.